The minimum absolute atomic E-state index is 0.0164. The van der Waals surface area contributed by atoms with Gasteiger partial charge in [0.25, 0.3) is 5.69 Å². The number of hydrogen-bond acceptors (Lipinski definition) is 8. The van der Waals surface area contributed by atoms with Gasteiger partial charge in [-0.25, -0.2) is 0 Å². The predicted molar refractivity (Wildman–Crippen MR) is 105 cm³/mol. The van der Waals surface area contributed by atoms with Gasteiger partial charge in [0.1, 0.15) is 0 Å². The third kappa shape index (κ3) is 4.12. The van der Waals surface area contributed by atoms with Gasteiger partial charge in [0.2, 0.25) is 5.16 Å². The van der Waals surface area contributed by atoms with E-state index in [9.17, 15) is 15.2 Å². The Kier molecular flexibility index (Phi) is 5.90. The number of nitro groups is 1. The van der Waals surface area contributed by atoms with E-state index in [1.165, 1.54) is 35.8 Å². The van der Waals surface area contributed by atoms with Crippen LogP contribution in [0.4, 0.5) is 5.69 Å². The topological polar surface area (TPSA) is 116 Å². The SMILES string of the molecule is COc1cc([N+](=O)[O-])c(/C=N\n2c(Cc3ccccc3)nnc2SC)cc1O. The average molecular weight is 399 g/mol. The van der Waals surface area contributed by atoms with Crippen LogP contribution in [0, 0.1) is 10.1 Å². The second-order valence-corrected chi connectivity index (χ2v) is 6.44. The van der Waals surface area contributed by atoms with Crippen LogP contribution in [0.2, 0.25) is 0 Å². The maximum Gasteiger partial charge on any atom is 0.282 e. The maximum atomic E-state index is 11.4. The lowest BCUT2D eigenvalue weighted by Crippen LogP contribution is -2.02. The third-order valence-electron chi connectivity index (χ3n) is 3.90. The van der Waals surface area contributed by atoms with Crippen molar-refractivity contribution in [1.29, 1.82) is 0 Å². The molecule has 144 valence electrons. The van der Waals surface area contributed by atoms with Gasteiger partial charge in [-0.2, -0.15) is 9.78 Å². The normalized spacial score (nSPS) is 11.1. The van der Waals surface area contributed by atoms with E-state index in [1.807, 2.05) is 36.6 Å². The summed E-state index contributed by atoms with van der Waals surface area (Å²) in [4.78, 5) is 10.8. The van der Waals surface area contributed by atoms with Crippen molar-refractivity contribution in [2.75, 3.05) is 13.4 Å². The van der Waals surface area contributed by atoms with Gasteiger partial charge < -0.3 is 9.84 Å². The molecule has 0 radical (unpaired) electrons. The summed E-state index contributed by atoms with van der Waals surface area (Å²) in [6.07, 6.45) is 3.64. The fourth-order valence-corrected chi connectivity index (χ4v) is 2.99. The van der Waals surface area contributed by atoms with Crippen LogP contribution in [0.1, 0.15) is 17.0 Å². The Balaban J connectivity index is 1.99. The molecule has 2 aromatic carbocycles. The number of nitrogens with zero attached hydrogens (tertiary/aromatic N) is 5. The first kappa shape index (κ1) is 19.4. The van der Waals surface area contributed by atoms with E-state index in [0.717, 1.165) is 11.6 Å². The highest BCUT2D eigenvalue weighted by Gasteiger charge is 2.18. The molecule has 1 aromatic heterocycles. The fourth-order valence-electron chi connectivity index (χ4n) is 2.55. The predicted octanol–water partition coefficient (Wildman–Crippen LogP) is 3.10. The zero-order chi connectivity index (χ0) is 20.1. The lowest BCUT2D eigenvalue weighted by atomic mass is 10.1. The van der Waals surface area contributed by atoms with Crippen molar-refractivity contribution in [3.63, 3.8) is 0 Å². The van der Waals surface area contributed by atoms with Crippen LogP contribution in [0.3, 0.4) is 0 Å². The highest BCUT2D eigenvalue weighted by atomic mass is 32.2. The van der Waals surface area contributed by atoms with Crippen molar-refractivity contribution >= 4 is 23.7 Å². The lowest BCUT2D eigenvalue weighted by Gasteiger charge is -2.06. The Morgan fingerprint density at radius 1 is 1.32 bits per heavy atom. The van der Waals surface area contributed by atoms with E-state index in [1.54, 1.807) is 0 Å². The van der Waals surface area contributed by atoms with E-state index < -0.39 is 4.92 Å². The number of methoxy groups -OCH3 is 1. The second kappa shape index (κ2) is 8.53. The number of aromatic hydroxyl groups is 1. The van der Waals surface area contributed by atoms with Gasteiger partial charge in [0.15, 0.2) is 17.3 Å². The fraction of sp³-hybridized carbons (Fsp3) is 0.167. The Bertz CT molecular complexity index is 1020. The van der Waals surface area contributed by atoms with Crippen molar-refractivity contribution in [3.8, 4) is 11.5 Å². The summed E-state index contributed by atoms with van der Waals surface area (Å²) < 4.78 is 6.47. The molecule has 0 aliphatic rings. The maximum absolute atomic E-state index is 11.4. The van der Waals surface area contributed by atoms with Gasteiger partial charge >= 0.3 is 0 Å². The summed E-state index contributed by atoms with van der Waals surface area (Å²) >= 11 is 1.35. The molecule has 9 nitrogen and oxygen atoms in total. The molecule has 0 aliphatic carbocycles. The van der Waals surface area contributed by atoms with Gasteiger partial charge in [0, 0.05) is 6.42 Å². The molecular weight excluding hydrogens is 382 g/mol. The zero-order valence-corrected chi connectivity index (χ0v) is 16.0. The molecular formula is C18H17N5O4S. The van der Waals surface area contributed by atoms with Crippen LogP contribution in [0.15, 0.2) is 52.7 Å². The summed E-state index contributed by atoms with van der Waals surface area (Å²) in [7, 11) is 1.32. The van der Waals surface area contributed by atoms with Crippen LogP contribution in [-0.4, -0.2) is 44.5 Å². The Morgan fingerprint density at radius 3 is 2.71 bits per heavy atom. The van der Waals surface area contributed by atoms with Crippen molar-refractivity contribution in [2.24, 2.45) is 5.10 Å². The van der Waals surface area contributed by atoms with E-state index >= 15 is 0 Å². The Morgan fingerprint density at radius 2 is 2.07 bits per heavy atom. The van der Waals surface area contributed by atoms with Gasteiger partial charge in [0.05, 0.1) is 29.9 Å². The molecule has 0 aliphatic heterocycles. The summed E-state index contributed by atoms with van der Waals surface area (Å²) in [6, 6.07) is 12.1. The number of phenols is 1. The zero-order valence-electron chi connectivity index (χ0n) is 15.1. The standard InChI is InChI=1S/C18H17N5O4S/c1-27-16-10-14(23(25)26)13(9-15(16)24)11-19-22-17(20-21-18(22)28-2)8-12-6-4-3-5-7-12/h3-7,9-11,24H,8H2,1-2H3/b19-11-. The van der Waals surface area contributed by atoms with Crippen LogP contribution >= 0.6 is 11.8 Å². The molecule has 0 saturated carbocycles. The average Bonchev–Trinajstić information content (AvgIpc) is 3.08. The van der Waals surface area contributed by atoms with E-state index in [0.29, 0.717) is 17.4 Å². The van der Waals surface area contributed by atoms with E-state index in [4.69, 9.17) is 4.74 Å². The summed E-state index contributed by atoms with van der Waals surface area (Å²) in [5.74, 6) is 0.391. The van der Waals surface area contributed by atoms with Crippen molar-refractivity contribution in [1.82, 2.24) is 14.9 Å². The van der Waals surface area contributed by atoms with E-state index in [2.05, 4.69) is 15.3 Å². The third-order valence-corrected chi connectivity index (χ3v) is 4.52. The molecule has 0 atom stereocenters. The summed E-state index contributed by atoms with van der Waals surface area (Å²) in [5, 5.41) is 34.5. The van der Waals surface area contributed by atoms with Gasteiger partial charge in [-0.3, -0.25) is 10.1 Å². The number of benzene rings is 2. The van der Waals surface area contributed by atoms with E-state index in [-0.39, 0.29) is 22.7 Å². The van der Waals surface area contributed by atoms with Gasteiger partial charge in [-0.05, 0) is 17.9 Å². The molecule has 0 spiro atoms. The molecule has 0 saturated heterocycles. The van der Waals surface area contributed by atoms with Crippen LogP contribution in [0.25, 0.3) is 0 Å². The first-order valence-corrected chi connectivity index (χ1v) is 9.38. The molecule has 28 heavy (non-hydrogen) atoms. The number of ether oxygens (including phenoxy) is 1. The quantitative estimate of drug-likeness (QED) is 0.281. The van der Waals surface area contributed by atoms with Crippen molar-refractivity contribution in [2.45, 2.75) is 11.6 Å². The number of hydrogen-bond donors (Lipinski definition) is 1. The number of phenolic OH excluding ortho intramolecular Hbond substituents is 1. The Hall–Kier alpha value is -3.40. The minimum atomic E-state index is -0.560. The molecule has 1 heterocycles. The molecule has 1 N–H and O–H groups in total. The molecule has 10 heteroatoms. The second-order valence-electron chi connectivity index (χ2n) is 5.66. The number of thioether (sulfide) groups is 1. The van der Waals surface area contributed by atoms with Gasteiger partial charge in [-0.1, -0.05) is 42.1 Å². The summed E-state index contributed by atoms with van der Waals surface area (Å²) in [5.41, 5.74) is 0.934. The molecule has 0 unspecified atom stereocenters. The highest BCUT2D eigenvalue weighted by molar-refractivity contribution is 7.98. The monoisotopic (exact) mass is 399 g/mol. The molecule has 0 fully saturated rings. The smallest absolute Gasteiger partial charge is 0.282 e. The van der Waals surface area contributed by atoms with Crippen molar-refractivity contribution in [3.05, 3.63) is 69.5 Å². The highest BCUT2D eigenvalue weighted by Crippen LogP contribution is 2.32. The summed E-state index contributed by atoms with van der Waals surface area (Å²) in [6.45, 7) is 0. The number of aromatic nitrogens is 3. The van der Waals surface area contributed by atoms with Gasteiger partial charge in [-0.15, -0.1) is 10.2 Å². The largest absolute Gasteiger partial charge is 0.504 e. The first-order chi connectivity index (χ1) is 13.5. The molecule has 0 bridgehead atoms. The molecule has 3 aromatic rings. The van der Waals surface area contributed by atoms with Crippen molar-refractivity contribution < 1.29 is 14.8 Å². The number of nitro benzene ring substituents is 1. The van der Waals surface area contributed by atoms with Crippen LogP contribution in [-0.2, 0) is 6.42 Å². The lowest BCUT2D eigenvalue weighted by molar-refractivity contribution is -0.385. The Labute approximate surface area is 164 Å². The minimum Gasteiger partial charge on any atom is -0.504 e. The van der Waals surface area contributed by atoms with Crippen LogP contribution in [0.5, 0.6) is 11.5 Å². The molecule has 0 amide bonds. The first-order valence-electron chi connectivity index (χ1n) is 8.15. The molecule has 3 rings (SSSR count). The number of rotatable bonds is 7. The van der Waals surface area contributed by atoms with Crippen LogP contribution < -0.4 is 4.74 Å².